The largest absolute Gasteiger partial charge is 0.455 e. The summed E-state index contributed by atoms with van der Waals surface area (Å²) >= 11 is 1.48. The van der Waals surface area contributed by atoms with Gasteiger partial charge in [0.25, 0.3) is 0 Å². The Bertz CT molecular complexity index is 838. The third-order valence-electron chi connectivity index (χ3n) is 2.79. The number of nitrogens with zero attached hydrogens (tertiary/aromatic N) is 2. The smallest absolute Gasteiger partial charge is 0.152 e. The molecule has 98 valence electrons. The van der Waals surface area contributed by atoms with Crippen LogP contribution in [0.15, 0.2) is 35.8 Å². The van der Waals surface area contributed by atoms with Crippen molar-refractivity contribution in [2.45, 2.75) is 0 Å². The Morgan fingerprint density at radius 3 is 2.90 bits per heavy atom. The van der Waals surface area contributed by atoms with Crippen LogP contribution >= 0.6 is 11.3 Å². The molecule has 2 N–H and O–H groups in total. The van der Waals surface area contributed by atoms with Crippen LogP contribution < -0.4 is 10.5 Å². The van der Waals surface area contributed by atoms with Gasteiger partial charge in [-0.3, -0.25) is 0 Å². The summed E-state index contributed by atoms with van der Waals surface area (Å²) in [6.45, 7) is 0. The molecule has 0 saturated heterocycles. The van der Waals surface area contributed by atoms with Crippen molar-refractivity contribution in [2.75, 3.05) is 5.73 Å². The van der Waals surface area contributed by atoms with Crippen molar-refractivity contribution in [1.82, 2.24) is 4.98 Å². The number of ether oxygens (including phenoxy) is 1. The van der Waals surface area contributed by atoms with E-state index in [0.717, 1.165) is 10.8 Å². The number of aromatic nitrogens is 1. The van der Waals surface area contributed by atoms with Gasteiger partial charge in [-0.05, 0) is 24.3 Å². The SMILES string of the molecule is N#Cc1ccc(Oc2ccc3scnc3c2N)cc1F. The summed E-state index contributed by atoms with van der Waals surface area (Å²) in [5.41, 5.74) is 8.73. The van der Waals surface area contributed by atoms with Crippen molar-refractivity contribution in [3.05, 3.63) is 47.2 Å². The number of hydrogen-bond acceptors (Lipinski definition) is 5. The van der Waals surface area contributed by atoms with E-state index in [1.165, 1.54) is 23.5 Å². The van der Waals surface area contributed by atoms with Crippen molar-refractivity contribution in [2.24, 2.45) is 0 Å². The Kier molecular flexibility index (Phi) is 2.97. The average Bonchev–Trinajstić information content (AvgIpc) is 2.91. The van der Waals surface area contributed by atoms with E-state index in [9.17, 15) is 4.39 Å². The summed E-state index contributed by atoms with van der Waals surface area (Å²) in [6.07, 6.45) is 0. The second kappa shape index (κ2) is 4.79. The van der Waals surface area contributed by atoms with Gasteiger partial charge in [0.05, 0.1) is 15.8 Å². The van der Waals surface area contributed by atoms with Crippen molar-refractivity contribution < 1.29 is 9.13 Å². The molecule has 0 aliphatic rings. The van der Waals surface area contributed by atoms with Crippen LogP contribution in [-0.4, -0.2) is 4.98 Å². The fourth-order valence-corrected chi connectivity index (χ4v) is 2.49. The summed E-state index contributed by atoms with van der Waals surface area (Å²) in [5, 5.41) is 8.68. The highest BCUT2D eigenvalue weighted by molar-refractivity contribution is 7.16. The Balaban J connectivity index is 1.99. The molecule has 0 radical (unpaired) electrons. The number of nitrogen functional groups attached to an aromatic ring is 1. The number of nitrogens with two attached hydrogens (primary N) is 1. The van der Waals surface area contributed by atoms with Gasteiger partial charge in [0.15, 0.2) is 5.75 Å². The van der Waals surface area contributed by atoms with E-state index in [0.29, 0.717) is 17.0 Å². The number of rotatable bonds is 2. The highest BCUT2D eigenvalue weighted by Crippen LogP contribution is 2.34. The molecule has 1 heterocycles. The summed E-state index contributed by atoms with van der Waals surface area (Å²) in [5.74, 6) is 0.0635. The summed E-state index contributed by atoms with van der Waals surface area (Å²) in [7, 11) is 0. The van der Waals surface area contributed by atoms with Crippen molar-refractivity contribution in [1.29, 1.82) is 5.26 Å². The number of thiazole rings is 1. The van der Waals surface area contributed by atoms with Crippen LogP contribution in [0.25, 0.3) is 10.2 Å². The van der Waals surface area contributed by atoms with E-state index < -0.39 is 5.82 Å². The summed E-state index contributed by atoms with van der Waals surface area (Å²) < 4.78 is 20.0. The number of halogens is 1. The first-order valence-corrected chi connectivity index (χ1v) is 6.56. The van der Waals surface area contributed by atoms with E-state index in [-0.39, 0.29) is 11.3 Å². The molecular weight excluding hydrogens is 277 g/mol. The fraction of sp³-hybridized carbons (Fsp3) is 0. The maximum Gasteiger partial charge on any atom is 0.152 e. The van der Waals surface area contributed by atoms with Gasteiger partial charge in [0.2, 0.25) is 0 Å². The van der Waals surface area contributed by atoms with Gasteiger partial charge in [-0.15, -0.1) is 11.3 Å². The number of anilines is 1. The van der Waals surface area contributed by atoms with E-state index in [2.05, 4.69) is 4.98 Å². The van der Waals surface area contributed by atoms with Gasteiger partial charge < -0.3 is 10.5 Å². The van der Waals surface area contributed by atoms with Gasteiger partial charge in [-0.1, -0.05) is 0 Å². The minimum absolute atomic E-state index is 0.0275. The zero-order chi connectivity index (χ0) is 14.1. The van der Waals surface area contributed by atoms with Crippen LogP contribution in [0, 0.1) is 17.1 Å². The molecule has 0 fully saturated rings. The Labute approximate surface area is 117 Å². The van der Waals surface area contributed by atoms with Crippen LogP contribution in [0.4, 0.5) is 10.1 Å². The Hall–Kier alpha value is -2.65. The fourth-order valence-electron chi connectivity index (χ4n) is 1.80. The molecule has 0 bridgehead atoms. The third kappa shape index (κ3) is 2.04. The van der Waals surface area contributed by atoms with Gasteiger partial charge in [-0.2, -0.15) is 5.26 Å². The van der Waals surface area contributed by atoms with Crippen LogP contribution in [0.5, 0.6) is 11.5 Å². The molecule has 4 nitrogen and oxygen atoms in total. The Morgan fingerprint density at radius 1 is 1.30 bits per heavy atom. The van der Waals surface area contributed by atoms with Crippen LogP contribution in [-0.2, 0) is 0 Å². The van der Waals surface area contributed by atoms with Gasteiger partial charge >= 0.3 is 0 Å². The van der Waals surface area contributed by atoms with Gasteiger partial charge in [0, 0.05) is 6.07 Å². The van der Waals surface area contributed by atoms with Gasteiger partial charge in [0.1, 0.15) is 28.8 Å². The second-order valence-electron chi connectivity index (χ2n) is 4.03. The number of hydrogen-bond donors (Lipinski definition) is 1. The lowest BCUT2D eigenvalue weighted by molar-refractivity contribution is 0.479. The first-order chi connectivity index (χ1) is 9.69. The third-order valence-corrected chi connectivity index (χ3v) is 3.58. The van der Waals surface area contributed by atoms with E-state index in [1.807, 2.05) is 6.07 Å². The van der Waals surface area contributed by atoms with E-state index in [1.54, 1.807) is 17.6 Å². The predicted molar refractivity (Wildman–Crippen MR) is 75.2 cm³/mol. The molecule has 0 amide bonds. The molecule has 0 unspecified atom stereocenters. The quantitative estimate of drug-likeness (QED) is 0.729. The molecule has 0 atom stereocenters. The Morgan fingerprint density at radius 2 is 2.15 bits per heavy atom. The summed E-state index contributed by atoms with van der Waals surface area (Å²) in [6, 6.07) is 9.35. The number of benzene rings is 2. The van der Waals surface area contributed by atoms with Crippen molar-refractivity contribution in [3.8, 4) is 17.6 Å². The molecular formula is C14H8FN3OS. The average molecular weight is 285 g/mol. The molecule has 0 spiro atoms. The van der Waals surface area contributed by atoms with Crippen molar-refractivity contribution in [3.63, 3.8) is 0 Å². The maximum absolute atomic E-state index is 13.5. The summed E-state index contributed by atoms with van der Waals surface area (Å²) in [4.78, 5) is 4.16. The second-order valence-corrected chi connectivity index (χ2v) is 4.92. The first-order valence-electron chi connectivity index (χ1n) is 5.68. The molecule has 1 aromatic heterocycles. The predicted octanol–water partition coefficient (Wildman–Crippen LogP) is 3.68. The number of nitriles is 1. The lowest BCUT2D eigenvalue weighted by atomic mass is 10.2. The molecule has 0 aliphatic carbocycles. The molecule has 20 heavy (non-hydrogen) atoms. The molecule has 6 heteroatoms. The molecule has 3 rings (SSSR count). The zero-order valence-electron chi connectivity index (χ0n) is 10.1. The molecule has 0 saturated carbocycles. The van der Waals surface area contributed by atoms with E-state index >= 15 is 0 Å². The van der Waals surface area contributed by atoms with Crippen molar-refractivity contribution >= 4 is 27.2 Å². The topological polar surface area (TPSA) is 71.9 Å². The monoisotopic (exact) mass is 285 g/mol. The highest BCUT2D eigenvalue weighted by Gasteiger charge is 2.10. The van der Waals surface area contributed by atoms with Gasteiger partial charge in [-0.25, -0.2) is 9.37 Å². The minimum atomic E-state index is -0.627. The van der Waals surface area contributed by atoms with Crippen LogP contribution in [0.1, 0.15) is 5.56 Å². The first kappa shape index (κ1) is 12.4. The lowest BCUT2D eigenvalue weighted by Crippen LogP contribution is -1.94. The minimum Gasteiger partial charge on any atom is -0.455 e. The van der Waals surface area contributed by atoms with Crippen LogP contribution in [0.2, 0.25) is 0 Å². The molecule has 3 aromatic rings. The highest BCUT2D eigenvalue weighted by atomic mass is 32.1. The molecule has 0 aliphatic heterocycles. The molecule has 2 aromatic carbocycles. The normalized spacial score (nSPS) is 10.4. The van der Waals surface area contributed by atoms with Crippen LogP contribution in [0.3, 0.4) is 0 Å². The standard InChI is InChI=1S/C14H8FN3OS/c15-10-5-9(2-1-8(10)6-16)19-11-3-4-12-14(13(11)17)18-7-20-12/h1-5,7H,17H2. The maximum atomic E-state index is 13.5. The van der Waals surface area contributed by atoms with E-state index in [4.69, 9.17) is 15.7 Å². The lowest BCUT2D eigenvalue weighted by Gasteiger charge is -2.09. The zero-order valence-corrected chi connectivity index (χ0v) is 10.9. The number of fused-ring (bicyclic) bond motifs is 1.